The summed E-state index contributed by atoms with van der Waals surface area (Å²) in [7, 11) is 0. The van der Waals surface area contributed by atoms with E-state index in [9.17, 15) is 4.79 Å². The molecule has 0 bridgehead atoms. The zero-order chi connectivity index (χ0) is 16.6. The van der Waals surface area contributed by atoms with Crippen molar-refractivity contribution in [1.82, 2.24) is 9.55 Å². The van der Waals surface area contributed by atoms with E-state index in [1.165, 1.54) is 33.4 Å². The third-order valence-corrected chi connectivity index (χ3v) is 5.31. The maximum absolute atomic E-state index is 12.1. The van der Waals surface area contributed by atoms with Gasteiger partial charge in [-0.25, -0.2) is 4.98 Å². The van der Waals surface area contributed by atoms with E-state index >= 15 is 0 Å². The van der Waals surface area contributed by atoms with Crippen LogP contribution in [0.2, 0.25) is 0 Å². The Bertz CT molecular complexity index is 670. The molecule has 0 saturated carbocycles. The van der Waals surface area contributed by atoms with Crippen molar-refractivity contribution in [2.24, 2.45) is 5.92 Å². The van der Waals surface area contributed by atoms with Crippen molar-refractivity contribution < 1.29 is 4.79 Å². The van der Waals surface area contributed by atoms with E-state index in [1.54, 1.807) is 13.1 Å². The average Bonchev–Trinajstić information content (AvgIpc) is 3.00. The summed E-state index contributed by atoms with van der Waals surface area (Å²) in [5.74, 6) is 0.112. The lowest BCUT2D eigenvalue weighted by Gasteiger charge is -2.30. The number of nitrogens with zero attached hydrogens (tertiary/aromatic N) is 2. The van der Waals surface area contributed by atoms with Gasteiger partial charge in [-0.3, -0.25) is 4.79 Å². The maximum Gasteiger partial charge on any atom is 0.135 e. The molecular weight excluding hydrogens is 272 g/mol. The van der Waals surface area contributed by atoms with E-state index in [0.29, 0.717) is 0 Å². The molecule has 22 heavy (non-hydrogen) atoms. The molecule has 0 aliphatic rings. The van der Waals surface area contributed by atoms with Gasteiger partial charge in [-0.2, -0.15) is 0 Å². The van der Waals surface area contributed by atoms with Crippen LogP contribution in [0.4, 0.5) is 0 Å². The van der Waals surface area contributed by atoms with Gasteiger partial charge in [-0.15, -0.1) is 0 Å². The van der Waals surface area contributed by atoms with Gasteiger partial charge >= 0.3 is 0 Å². The molecule has 3 nitrogen and oxygen atoms in total. The van der Waals surface area contributed by atoms with Crippen molar-refractivity contribution in [3.8, 4) is 0 Å². The van der Waals surface area contributed by atoms with Gasteiger partial charge in [0.15, 0.2) is 0 Å². The number of hydrogen-bond donors (Lipinski definition) is 0. The minimum absolute atomic E-state index is 0.00185. The van der Waals surface area contributed by atoms with Crippen molar-refractivity contribution in [1.29, 1.82) is 0 Å². The van der Waals surface area contributed by atoms with Gasteiger partial charge in [0.1, 0.15) is 5.78 Å². The summed E-state index contributed by atoms with van der Waals surface area (Å²) in [6, 6.07) is -0.00185. The Balaban J connectivity index is 2.76. The fourth-order valence-electron chi connectivity index (χ4n) is 3.29. The number of Topliss-reactive ketones (excluding diaryl/α,β-unsaturated/α-hetero) is 1. The van der Waals surface area contributed by atoms with E-state index < -0.39 is 0 Å². The van der Waals surface area contributed by atoms with Crippen LogP contribution >= 0.6 is 0 Å². The lowest BCUT2D eigenvalue weighted by atomic mass is 9.81. The number of hydrogen-bond acceptors (Lipinski definition) is 2. The van der Waals surface area contributed by atoms with Gasteiger partial charge in [0.2, 0.25) is 0 Å². The largest absolute Gasteiger partial charge is 0.329 e. The lowest BCUT2D eigenvalue weighted by molar-refractivity contribution is -0.121. The fourth-order valence-corrected chi connectivity index (χ4v) is 3.29. The zero-order valence-electron chi connectivity index (χ0n) is 14.7. The summed E-state index contributed by atoms with van der Waals surface area (Å²) in [4.78, 5) is 16.3. The molecule has 0 aliphatic heterocycles. The van der Waals surface area contributed by atoms with E-state index in [-0.39, 0.29) is 17.7 Å². The van der Waals surface area contributed by atoms with Crippen LogP contribution < -0.4 is 0 Å². The van der Waals surface area contributed by atoms with Crippen molar-refractivity contribution in [2.75, 3.05) is 0 Å². The predicted octanol–water partition coefficient (Wildman–Crippen LogP) is 4.24. The lowest BCUT2D eigenvalue weighted by Crippen LogP contribution is -2.25. The van der Waals surface area contributed by atoms with Crippen LogP contribution in [-0.4, -0.2) is 15.3 Å². The van der Waals surface area contributed by atoms with E-state index in [4.69, 9.17) is 0 Å². The Morgan fingerprint density at radius 3 is 1.91 bits per heavy atom. The maximum atomic E-state index is 12.1. The molecule has 0 saturated heterocycles. The first-order valence-electron chi connectivity index (χ1n) is 7.82. The van der Waals surface area contributed by atoms with Gasteiger partial charge in [0.25, 0.3) is 0 Å². The Kier molecular flexibility index (Phi) is 4.55. The SMILES string of the molecule is CC(=O)C(C)C(c1c(C)c(C)c(C)c(C)c1C)n1ccnc1. The summed E-state index contributed by atoms with van der Waals surface area (Å²) in [6.07, 6.45) is 5.54. The first-order chi connectivity index (χ1) is 10.3. The van der Waals surface area contributed by atoms with E-state index in [1.807, 2.05) is 19.4 Å². The molecule has 0 amide bonds. The molecule has 0 radical (unpaired) electrons. The molecule has 2 aromatic rings. The van der Waals surface area contributed by atoms with Gasteiger partial charge < -0.3 is 4.57 Å². The number of aromatic nitrogens is 2. The van der Waals surface area contributed by atoms with Gasteiger partial charge in [0.05, 0.1) is 12.4 Å². The van der Waals surface area contributed by atoms with E-state index in [0.717, 1.165) is 0 Å². The topological polar surface area (TPSA) is 34.9 Å². The number of ketones is 1. The van der Waals surface area contributed by atoms with Crippen molar-refractivity contribution in [3.63, 3.8) is 0 Å². The molecule has 1 aromatic carbocycles. The highest BCUT2D eigenvalue weighted by molar-refractivity contribution is 5.79. The number of imidazole rings is 1. The highest BCUT2D eigenvalue weighted by Gasteiger charge is 2.28. The molecule has 0 aliphatic carbocycles. The van der Waals surface area contributed by atoms with Crippen LogP contribution in [0.3, 0.4) is 0 Å². The predicted molar refractivity (Wildman–Crippen MR) is 90.3 cm³/mol. The fraction of sp³-hybridized carbons (Fsp3) is 0.474. The van der Waals surface area contributed by atoms with Crippen molar-refractivity contribution in [3.05, 3.63) is 52.1 Å². The Morgan fingerprint density at radius 2 is 1.50 bits per heavy atom. The minimum Gasteiger partial charge on any atom is -0.329 e. The molecule has 2 rings (SSSR count). The highest BCUT2D eigenvalue weighted by atomic mass is 16.1. The summed E-state index contributed by atoms with van der Waals surface area (Å²) in [5.41, 5.74) is 7.82. The number of benzene rings is 1. The highest BCUT2D eigenvalue weighted by Crippen LogP contribution is 2.36. The van der Waals surface area contributed by atoms with Gasteiger partial charge in [-0.05, 0) is 74.9 Å². The minimum atomic E-state index is -0.0897. The van der Waals surface area contributed by atoms with Crippen LogP contribution in [0.25, 0.3) is 0 Å². The standard InChI is InChI=1S/C19H26N2O/c1-11-12(2)14(4)18(15(5)13(11)3)19(16(6)17(7)22)21-9-8-20-10-21/h8-10,16,19H,1-7H3. The van der Waals surface area contributed by atoms with Crippen molar-refractivity contribution >= 4 is 5.78 Å². The molecule has 2 unspecified atom stereocenters. The normalized spacial score (nSPS) is 14.0. The molecule has 0 fully saturated rings. The first kappa shape index (κ1) is 16.5. The number of carbonyl (C=O) groups excluding carboxylic acids is 1. The second kappa shape index (κ2) is 6.07. The summed E-state index contributed by atoms with van der Waals surface area (Å²) in [5, 5.41) is 0. The quantitative estimate of drug-likeness (QED) is 0.846. The summed E-state index contributed by atoms with van der Waals surface area (Å²) in [6.45, 7) is 14.5. The summed E-state index contributed by atoms with van der Waals surface area (Å²) >= 11 is 0. The Hall–Kier alpha value is -1.90. The van der Waals surface area contributed by atoms with Crippen LogP contribution in [0.15, 0.2) is 18.7 Å². The van der Waals surface area contributed by atoms with E-state index in [2.05, 4.69) is 44.2 Å². The van der Waals surface area contributed by atoms with Crippen LogP contribution in [0.1, 0.15) is 53.3 Å². The molecule has 0 spiro atoms. The first-order valence-corrected chi connectivity index (χ1v) is 7.82. The van der Waals surface area contributed by atoms with Crippen LogP contribution in [0, 0.1) is 40.5 Å². The van der Waals surface area contributed by atoms with Gasteiger partial charge in [-0.1, -0.05) is 6.92 Å². The molecule has 1 aromatic heterocycles. The molecule has 1 heterocycles. The Labute approximate surface area is 133 Å². The smallest absolute Gasteiger partial charge is 0.135 e. The number of carbonyl (C=O) groups is 1. The van der Waals surface area contributed by atoms with Crippen LogP contribution in [-0.2, 0) is 4.79 Å². The zero-order valence-corrected chi connectivity index (χ0v) is 14.7. The third-order valence-electron chi connectivity index (χ3n) is 5.31. The molecule has 3 heteroatoms. The molecular formula is C19H26N2O. The molecule has 0 N–H and O–H groups in total. The van der Waals surface area contributed by atoms with Gasteiger partial charge in [0, 0.05) is 18.3 Å². The Morgan fingerprint density at radius 1 is 1.00 bits per heavy atom. The van der Waals surface area contributed by atoms with Crippen molar-refractivity contribution in [2.45, 2.75) is 54.5 Å². The molecule has 118 valence electrons. The third kappa shape index (κ3) is 2.60. The van der Waals surface area contributed by atoms with Crippen LogP contribution in [0.5, 0.6) is 0 Å². The average molecular weight is 298 g/mol. The molecule has 2 atom stereocenters. The number of rotatable bonds is 4. The monoisotopic (exact) mass is 298 g/mol. The summed E-state index contributed by atoms with van der Waals surface area (Å²) < 4.78 is 2.07. The second-order valence-corrected chi connectivity index (χ2v) is 6.39. The second-order valence-electron chi connectivity index (χ2n) is 6.39.